The number of rotatable bonds is 6. The minimum absolute atomic E-state index is 0.0557. The molecule has 0 bridgehead atoms. The molecule has 5 nitrogen and oxygen atoms in total. The number of nitrogens with zero attached hydrogens (tertiary/aromatic N) is 2. The van der Waals surface area contributed by atoms with Crippen molar-refractivity contribution >= 4 is 11.6 Å². The molecule has 5 heteroatoms. The summed E-state index contributed by atoms with van der Waals surface area (Å²) in [6.07, 6.45) is 3.74. The molecule has 2 N–H and O–H groups in total. The highest BCUT2D eigenvalue weighted by Gasteiger charge is 2.10. The van der Waals surface area contributed by atoms with Crippen molar-refractivity contribution in [3.8, 4) is 0 Å². The molecule has 0 aliphatic carbocycles. The highest BCUT2D eigenvalue weighted by Crippen LogP contribution is 2.18. The zero-order valence-electron chi connectivity index (χ0n) is 12.7. The van der Waals surface area contributed by atoms with Crippen molar-refractivity contribution in [2.45, 2.75) is 39.4 Å². The Morgan fingerprint density at radius 3 is 2.81 bits per heavy atom. The molecule has 112 valence electrons. The number of carbonyl (C=O) groups is 1. The zero-order valence-corrected chi connectivity index (χ0v) is 12.7. The number of hydrogen-bond acceptors (Lipinski definition) is 3. The number of carbonyl (C=O) groups excluding carboxylic acids is 1. The molecule has 0 radical (unpaired) electrons. The molecule has 1 heterocycles. The number of amides is 1. The molecular weight excluding hydrogens is 264 g/mol. The first kappa shape index (κ1) is 15.3. The van der Waals surface area contributed by atoms with Gasteiger partial charge in [-0.1, -0.05) is 12.1 Å². The minimum atomic E-state index is -0.0557. The Morgan fingerprint density at radius 1 is 1.33 bits per heavy atom. The van der Waals surface area contributed by atoms with Gasteiger partial charge in [-0.2, -0.15) is 5.10 Å². The normalized spacial score (nSPS) is 13.7. The Labute approximate surface area is 125 Å². The van der Waals surface area contributed by atoms with Crippen LogP contribution in [0.15, 0.2) is 42.7 Å². The summed E-state index contributed by atoms with van der Waals surface area (Å²) in [6, 6.07) is 10.3. The van der Waals surface area contributed by atoms with Crippen LogP contribution < -0.4 is 10.6 Å². The van der Waals surface area contributed by atoms with Crippen LogP contribution in [-0.2, 0) is 11.3 Å². The van der Waals surface area contributed by atoms with Crippen LogP contribution in [0.1, 0.15) is 32.4 Å². The van der Waals surface area contributed by atoms with E-state index in [2.05, 4.69) is 35.6 Å². The molecule has 1 aromatic carbocycles. The molecule has 2 atom stereocenters. The van der Waals surface area contributed by atoms with Crippen LogP contribution in [0, 0.1) is 0 Å². The largest absolute Gasteiger partial charge is 0.326 e. The fraction of sp³-hybridized carbons (Fsp3) is 0.375. The predicted octanol–water partition coefficient (Wildman–Crippen LogP) is 2.58. The fourth-order valence-electron chi connectivity index (χ4n) is 2.35. The maximum atomic E-state index is 11.1. The van der Waals surface area contributed by atoms with Crippen LogP contribution in [0.5, 0.6) is 0 Å². The monoisotopic (exact) mass is 286 g/mol. The van der Waals surface area contributed by atoms with E-state index < -0.39 is 0 Å². The quantitative estimate of drug-likeness (QED) is 0.858. The summed E-state index contributed by atoms with van der Waals surface area (Å²) in [5, 5.41) is 10.6. The molecule has 1 amide bonds. The van der Waals surface area contributed by atoms with Crippen molar-refractivity contribution in [1.29, 1.82) is 0 Å². The standard InChI is InChI=1S/C16H22N4O/c1-12(11-20-9-5-8-17-20)18-13(2)15-6-4-7-16(10-15)19-14(3)21/h4-10,12-13,18H,11H2,1-3H3,(H,19,21). The molecule has 0 spiro atoms. The van der Waals surface area contributed by atoms with E-state index in [1.165, 1.54) is 6.92 Å². The number of benzene rings is 1. The van der Waals surface area contributed by atoms with Crippen molar-refractivity contribution in [2.75, 3.05) is 5.32 Å². The van der Waals surface area contributed by atoms with E-state index >= 15 is 0 Å². The van der Waals surface area contributed by atoms with Crippen LogP contribution >= 0.6 is 0 Å². The first-order valence-corrected chi connectivity index (χ1v) is 7.15. The van der Waals surface area contributed by atoms with Gasteiger partial charge in [0.25, 0.3) is 0 Å². The van der Waals surface area contributed by atoms with E-state index in [1.54, 1.807) is 6.20 Å². The maximum Gasteiger partial charge on any atom is 0.221 e. The number of hydrogen-bond donors (Lipinski definition) is 2. The number of nitrogens with one attached hydrogen (secondary N) is 2. The van der Waals surface area contributed by atoms with E-state index in [9.17, 15) is 4.79 Å². The van der Waals surface area contributed by atoms with E-state index in [0.29, 0.717) is 6.04 Å². The van der Waals surface area contributed by atoms with Crippen LogP contribution in [0.25, 0.3) is 0 Å². The summed E-state index contributed by atoms with van der Waals surface area (Å²) in [5.41, 5.74) is 1.97. The van der Waals surface area contributed by atoms with Crippen LogP contribution in [0.2, 0.25) is 0 Å². The Morgan fingerprint density at radius 2 is 2.14 bits per heavy atom. The van der Waals surface area contributed by atoms with E-state index in [-0.39, 0.29) is 11.9 Å². The van der Waals surface area contributed by atoms with Gasteiger partial charge in [0, 0.05) is 37.1 Å². The Bertz CT molecular complexity index is 580. The lowest BCUT2D eigenvalue weighted by molar-refractivity contribution is -0.114. The maximum absolute atomic E-state index is 11.1. The third kappa shape index (κ3) is 4.72. The molecule has 1 aromatic heterocycles. The van der Waals surface area contributed by atoms with Crippen molar-refractivity contribution in [2.24, 2.45) is 0 Å². The molecule has 21 heavy (non-hydrogen) atoms. The second kappa shape index (κ2) is 7.04. The molecular formula is C16H22N4O. The average molecular weight is 286 g/mol. The smallest absolute Gasteiger partial charge is 0.221 e. The molecule has 0 aliphatic rings. The molecule has 2 aromatic rings. The molecule has 0 saturated heterocycles. The van der Waals surface area contributed by atoms with Gasteiger partial charge in [-0.05, 0) is 37.6 Å². The summed E-state index contributed by atoms with van der Waals surface area (Å²) in [4.78, 5) is 11.1. The van der Waals surface area contributed by atoms with Gasteiger partial charge < -0.3 is 10.6 Å². The van der Waals surface area contributed by atoms with Gasteiger partial charge in [-0.25, -0.2) is 0 Å². The van der Waals surface area contributed by atoms with Gasteiger partial charge in [0.2, 0.25) is 5.91 Å². The number of anilines is 1. The van der Waals surface area contributed by atoms with Gasteiger partial charge in [-0.3, -0.25) is 9.48 Å². The van der Waals surface area contributed by atoms with Crippen molar-refractivity contribution < 1.29 is 4.79 Å². The van der Waals surface area contributed by atoms with Crippen LogP contribution in [0.4, 0.5) is 5.69 Å². The van der Waals surface area contributed by atoms with Gasteiger partial charge in [-0.15, -0.1) is 0 Å². The van der Waals surface area contributed by atoms with Gasteiger partial charge in [0.1, 0.15) is 0 Å². The molecule has 0 aliphatic heterocycles. The Kier molecular flexibility index (Phi) is 5.11. The van der Waals surface area contributed by atoms with E-state index in [1.807, 2.05) is 35.1 Å². The van der Waals surface area contributed by atoms with E-state index in [4.69, 9.17) is 0 Å². The van der Waals surface area contributed by atoms with Crippen LogP contribution in [0.3, 0.4) is 0 Å². The lowest BCUT2D eigenvalue weighted by atomic mass is 10.1. The van der Waals surface area contributed by atoms with Crippen molar-refractivity contribution in [3.63, 3.8) is 0 Å². The second-order valence-corrected chi connectivity index (χ2v) is 5.32. The Balaban J connectivity index is 1.95. The predicted molar refractivity (Wildman–Crippen MR) is 84.0 cm³/mol. The fourth-order valence-corrected chi connectivity index (χ4v) is 2.35. The van der Waals surface area contributed by atoms with Gasteiger partial charge in [0.05, 0.1) is 6.54 Å². The highest BCUT2D eigenvalue weighted by molar-refractivity contribution is 5.88. The minimum Gasteiger partial charge on any atom is -0.326 e. The van der Waals surface area contributed by atoms with E-state index in [0.717, 1.165) is 17.8 Å². The second-order valence-electron chi connectivity index (χ2n) is 5.32. The molecule has 2 rings (SSSR count). The summed E-state index contributed by atoms with van der Waals surface area (Å²) in [5.74, 6) is -0.0557. The molecule has 0 fully saturated rings. The summed E-state index contributed by atoms with van der Waals surface area (Å²) < 4.78 is 1.91. The van der Waals surface area contributed by atoms with Crippen molar-refractivity contribution in [1.82, 2.24) is 15.1 Å². The zero-order chi connectivity index (χ0) is 15.2. The van der Waals surface area contributed by atoms with Gasteiger partial charge >= 0.3 is 0 Å². The third-order valence-corrected chi connectivity index (χ3v) is 3.26. The summed E-state index contributed by atoms with van der Waals surface area (Å²) in [7, 11) is 0. The summed E-state index contributed by atoms with van der Waals surface area (Å²) >= 11 is 0. The van der Waals surface area contributed by atoms with Crippen molar-refractivity contribution in [3.05, 3.63) is 48.3 Å². The van der Waals surface area contributed by atoms with Gasteiger partial charge in [0.15, 0.2) is 0 Å². The SMILES string of the molecule is CC(=O)Nc1cccc(C(C)NC(C)Cn2cccn2)c1. The highest BCUT2D eigenvalue weighted by atomic mass is 16.1. The topological polar surface area (TPSA) is 59.0 Å². The molecule has 2 unspecified atom stereocenters. The average Bonchev–Trinajstić information content (AvgIpc) is 2.90. The first-order chi connectivity index (χ1) is 10.0. The van der Waals surface area contributed by atoms with Crippen LogP contribution in [-0.4, -0.2) is 21.7 Å². The number of aromatic nitrogens is 2. The molecule has 0 saturated carbocycles. The third-order valence-electron chi connectivity index (χ3n) is 3.26. The Hall–Kier alpha value is -2.14. The summed E-state index contributed by atoms with van der Waals surface area (Å²) in [6.45, 7) is 6.59. The lowest BCUT2D eigenvalue weighted by Crippen LogP contribution is -2.32. The first-order valence-electron chi connectivity index (χ1n) is 7.15. The lowest BCUT2D eigenvalue weighted by Gasteiger charge is -2.21.